The summed E-state index contributed by atoms with van der Waals surface area (Å²) in [5, 5.41) is 5.68. The van der Waals surface area contributed by atoms with Gasteiger partial charge in [0.1, 0.15) is 11.6 Å². The molecule has 3 aromatic rings. The molecule has 2 aliphatic rings. The van der Waals surface area contributed by atoms with Crippen LogP contribution in [0.4, 0.5) is 32.1 Å². The fourth-order valence-electron chi connectivity index (χ4n) is 4.98. The summed E-state index contributed by atoms with van der Waals surface area (Å²) >= 11 is 0. The topological polar surface area (TPSA) is 104 Å². The zero-order valence-electron chi connectivity index (χ0n) is 19.9. The van der Waals surface area contributed by atoms with Crippen LogP contribution in [0.2, 0.25) is 0 Å². The Bertz CT molecular complexity index is 1240. The van der Waals surface area contributed by atoms with E-state index in [9.17, 15) is 14.0 Å². The number of urea groups is 1. The number of anilines is 4. The monoisotopic (exact) mass is 488 g/mol. The molecule has 3 amide bonds. The second-order valence-corrected chi connectivity index (χ2v) is 9.54. The van der Waals surface area contributed by atoms with Crippen molar-refractivity contribution < 1.29 is 14.0 Å². The first-order valence-electron chi connectivity index (χ1n) is 12.1. The first-order chi connectivity index (χ1) is 17.4. The smallest absolute Gasteiger partial charge is 0.321 e. The molecule has 8 nitrogen and oxygen atoms in total. The zero-order chi connectivity index (χ0) is 25.1. The van der Waals surface area contributed by atoms with Crippen LogP contribution in [0.5, 0.6) is 0 Å². The van der Waals surface area contributed by atoms with Crippen LogP contribution in [0.1, 0.15) is 29.6 Å². The van der Waals surface area contributed by atoms with Gasteiger partial charge in [0, 0.05) is 38.1 Å². The molecule has 36 heavy (non-hydrogen) atoms. The predicted molar refractivity (Wildman–Crippen MR) is 139 cm³/mol. The molecule has 2 aromatic carbocycles. The standard InChI is InChI=1S/C27H29FN6O2/c28-20-6-8-21(9-7-20)31-26(36)34-16-13-27(18-34)11-14-33(15-12-27)24-10-5-19(17-30-24)25(35)32-23-4-2-1-3-22(23)29/h1-10,17H,11-16,18,29H2,(H,31,36)(H,32,35). The molecule has 2 aliphatic heterocycles. The maximum Gasteiger partial charge on any atom is 0.321 e. The number of para-hydroxylation sites is 2. The molecule has 4 N–H and O–H groups in total. The van der Waals surface area contributed by atoms with Gasteiger partial charge in [0.05, 0.1) is 16.9 Å². The number of benzene rings is 2. The normalized spacial score (nSPS) is 16.7. The summed E-state index contributed by atoms with van der Waals surface area (Å²) in [7, 11) is 0. The van der Waals surface area contributed by atoms with E-state index in [0.29, 0.717) is 35.7 Å². The Morgan fingerprint density at radius 1 is 0.917 bits per heavy atom. The third kappa shape index (κ3) is 5.10. The highest BCUT2D eigenvalue weighted by Crippen LogP contribution is 2.41. The van der Waals surface area contributed by atoms with Crippen molar-refractivity contribution in [3.05, 3.63) is 78.2 Å². The van der Waals surface area contributed by atoms with Crippen molar-refractivity contribution in [3.8, 4) is 0 Å². The second-order valence-electron chi connectivity index (χ2n) is 9.54. The summed E-state index contributed by atoms with van der Waals surface area (Å²) in [6, 6.07) is 16.4. The van der Waals surface area contributed by atoms with E-state index in [1.165, 1.54) is 12.1 Å². The number of nitrogens with zero attached hydrogens (tertiary/aromatic N) is 3. The number of carbonyl (C=O) groups excluding carboxylic acids is 2. The van der Waals surface area contributed by atoms with Crippen molar-refractivity contribution in [2.45, 2.75) is 19.3 Å². The molecule has 0 unspecified atom stereocenters. The quantitative estimate of drug-likeness (QED) is 0.467. The maximum atomic E-state index is 13.1. The minimum atomic E-state index is -0.329. The Hall–Kier alpha value is -4.14. The molecule has 0 aliphatic carbocycles. The molecule has 2 saturated heterocycles. The number of aromatic nitrogens is 1. The molecule has 0 saturated carbocycles. The molecule has 9 heteroatoms. The number of carbonyl (C=O) groups is 2. The number of likely N-dealkylation sites (tertiary alicyclic amines) is 1. The highest BCUT2D eigenvalue weighted by molar-refractivity contribution is 6.05. The Kier molecular flexibility index (Phi) is 6.45. The summed E-state index contributed by atoms with van der Waals surface area (Å²) in [5.74, 6) is 0.253. The van der Waals surface area contributed by atoms with Crippen LogP contribution < -0.4 is 21.3 Å². The molecule has 1 aromatic heterocycles. The fraction of sp³-hybridized carbons (Fsp3) is 0.296. The Morgan fingerprint density at radius 2 is 1.64 bits per heavy atom. The fourth-order valence-corrected chi connectivity index (χ4v) is 4.98. The average Bonchev–Trinajstić information content (AvgIpc) is 3.31. The van der Waals surface area contributed by atoms with Crippen LogP contribution in [0.25, 0.3) is 0 Å². The number of piperidine rings is 1. The molecule has 5 rings (SSSR count). The van der Waals surface area contributed by atoms with E-state index in [2.05, 4.69) is 20.5 Å². The van der Waals surface area contributed by atoms with E-state index in [1.807, 2.05) is 23.1 Å². The van der Waals surface area contributed by atoms with Gasteiger partial charge in [-0.25, -0.2) is 14.2 Å². The van der Waals surface area contributed by atoms with Gasteiger partial charge >= 0.3 is 6.03 Å². The Labute approximate surface area is 209 Å². The van der Waals surface area contributed by atoms with Gasteiger partial charge in [-0.1, -0.05) is 12.1 Å². The molecule has 0 bridgehead atoms. The van der Waals surface area contributed by atoms with Gasteiger partial charge in [-0.2, -0.15) is 0 Å². The van der Waals surface area contributed by atoms with E-state index in [4.69, 9.17) is 5.73 Å². The average molecular weight is 489 g/mol. The molecule has 3 heterocycles. The second kappa shape index (κ2) is 9.85. The van der Waals surface area contributed by atoms with E-state index in [1.54, 1.807) is 36.5 Å². The van der Waals surface area contributed by atoms with Crippen molar-refractivity contribution in [1.82, 2.24) is 9.88 Å². The number of nitrogens with two attached hydrogens (primary N) is 1. The lowest BCUT2D eigenvalue weighted by molar-refractivity contribution is 0.102. The maximum absolute atomic E-state index is 13.1. The number of nitrogen functional groups attached to an aromatic ring is 1. The van der Waals surface area contributed by atoms with Crippen molar-refractivity contribution in [1.29, 1.82) is 0 Å². The van der Waals surface area contributed by atoms with Crippen molar-refractivity contribution >= 4 is 34.8 Å². The molecular formula is C27H29FN6O2. The summed E-state index contributed by atoms with van der Waals surface area (Å²) in [4.78, 5) is 33.9. The van der Waals surface area contributed by atoms with Gasteiger partial charge in [-0.3, -0.25) is 4.79 Å². The largest absolute Gasteiger partial charge is 0.397 e. The molecule has 186 valence electrons. The van der Waals surface area contributed by atoms with Crippen molar-refractivity contribution in [2.24, 2.45) is 5.41 Å². The first-order valence-corrected chi connectivity index (χ1v) is 12.1. The predicted octanol–water partition coefficient (Wildman–Crippen LogP) is 4.58. The van der Waals surface area contributed by atoms with Gasteiger partial charge in [0.15, 0.2) is 0 Å². The van der Waals surface area contributed by atoms with E-state index in [0.717, 1.165) is 38.2 Å². The highest BCUT2D eigenvalue weighted by Gasteiger charge is 2.42. The number of halogens is 1. The van der Waals surface area contributed by atoms with E-state index in [-0.39, 0.29) is 23.2 Å². The third-order valence-electron chi connectivity index (χ3n) is 7.19. The van der Waals surface area contributed by atoms with Crippen molar-refractivity contribution in [2.75, 3.05) is 47.4 Å². The number of nitrogens with one attached hydrogen (secondary N) is 2. The lowest BCUT2D eigenvalue weighted by atomic mass is 9.78. The highest BCUT2D eigenvalue weighted by atomic mass is 19.1. The van der Waals surface area contributed by atoms with E-state index >= 15 is 0 Å². The first kappa shape index (κ1) is 23.6. The van der Waals surface area contributed by atoms with Gasteiger partial charge in [-0.15, -0.1) is 0 Å². The number of pyridine rings is 1. The van der Waals surface area contributed by atoms with Gasteiger partial charge < -0.3 is 26.2 Å². The number of amides is 3. The third-order valence-corrected chi connectivity index (χ3v) is 7.19. The SMILES string of the molecule is Nc1ccccc1NC(=O)c1ccc(N2CCC3(CCN(C(=O)Nc4ccc(F)cc4)C3)CC2)nc1. The summed E-state index contributed by atoms with van der Waals surface area (Å²) in [5.41, 5.74) is 8.15. The Morgan fingerprint density at radius 3 is 2.33 bits per heavy atom. The summed E-state index contributed by atoms with van der Waals surface area (Å²) in [6.45, 7) is 3.10. The van der Waals surface area contributed by atoms with Gasteiger partial charge in [0.25, 0.3) is 5.91 Å². The summed E-state index contributed by atoms with van der Waals surface area (Å²) in [6.07, 6.45) is 4.48. The van der Waals surface area contributed by atoms with Gasteiger partial charge in [-0.05, 0) is 73.2 Å². The molecule has 0 radical (unpaired) electrons. The number of hydrogen-bond acceptors (Lipinski definition) is 5. The van der Waals surface area contributed by atoms with Crippen LogP contribution in [0.15, 0.2) is 66.9 Å². The number of rotatable bonds is 4. The molecule has 2 fully saturated rings. The molecule has 0 atom stereocenters. The van der Waals surface area contributed by atoms with Crippen LogP contribution in [0.3, 0.4) is 0 Å². The van der Waals surface area contributed by atoms with Crippen LogP contribution in [-0.2, 0) is 0 Å². The van der Waals surface area contributed by atoms with Crippen LogP contribution in [-0.4, -0.2) is 48.0 Å². The zero-order valence-corrected chi connectivity index (χ0v) is 19.9. The molecular weight excluding hydrogens is 459 g/mol. The number of hydrogen-bond donors (Lipinski definition) is 3. The van der Waals surface area contributed by atoms with E-state index < -0.39 is 0 Å². The van der Waals surface area contributed by atoms with Gasteiger partial charge in [0.2, 0.25) is 0 Å². The van der Waals surface area contributed by atoms with Crippen LogP contribution >= 0.6 is 0 Å². The molecule has 1 spiro atoms. The summed E-state index contributed by atoms with van der Waals surface area (Å²) < 4.78 is 13.1. The van der Waals surface area contributed by atoms with Crippen LogP contribution in [0, 0.1) is 11.2 Å². The lowest BCUT2D eigenvalue weighted by Crippen LogP contribution is -2.43. The van der Waals surface area contributed by atoms with Crippen molar-refractivity contribution in [3.63, 3.8) is 0 Å². The minimum Gasteiger partial charge on any atom is -0.397 e. The Balaban J connectivity index is 1.14. The lowest BCUT2D eigenvalue weighted by Gasteiger charge is -2.39. The minimum absolute atomic E-state index is 0.103.